The van der Waals surface area contributed by atoms with Gasteiger partial charge in [-0.2, -0.15) is 0 Å². The molecule has 0 spiro atoms. The van der Waals surface area contributed by atoms with E-state index in [-0.39, 0.29) is 0 Å². The van der Waals surface area contributed by atoms with Crippen molar-refractivity contribution in [2.45, 2.75) is 45.2 Å². The quantitative estimate of drug-likeness (QED) is 0.599. The third-order valence-corrected chi connectivity index (χ3v) is 53.3. The first-order valence-corrected chi connectivity index (χ1v) is 21.8. The van der Waals surface area contributed by atoms with Gasteiger partial charge in [-0.1, -0.05) is 0 Å². The van der Waals surface area contributed by atoms with Crippen molar-refractivity contribution in [3.8, 4) is 0 Å². The van der Waals surface area contributed by atoms with Crippen LogP contribution in [0.4, 0.5) is 0 Å². The number of rotatable bonds is 4. The Hall–Kier alpha value is -0.369. The minimum atomic E-state index is -3.67. The second-order valence-corrected chi connectivity index (χ2v) is 55.1. The third-order valence-electron chi connectivity index (χ3n) is 7.42. The van der Waals surface area contributed by atoms with Gasteiger partial charge in [0.15, 0.2) is 0 Å². The fourth-order valence-electron chi connectivity index (χ4n) is 3.75. The van der Waals surface area contributed by atoms with Crippen molar-refractivity contribution in [3.05, 3.63) is 58.0 Å². The molecule has 0 aliphatic heterocycles. The molecule has 2 rings (SSSR count). The van der Waals surface area contributed by atoms with E-state index in [9.17, 15) is 0 Å². The molecule has 0 N–H and O–H groups in total. The van der Waals surface area contributed by atoms with E-state index in [1.807, 2.05) is 0 Å². The first-order valence-electron chi connectivity index (χ1n) is 8.03. The average molecular weight is 323 g/mol. The van der Waals surface area contributed by atoms with Crippen LogP contribution in [0.5, 0.6) is 0 Å². The summed E-state index contributed by atoms with van der Waals surface area (Å²) in [7, 11) is 0. The fourth-order valence-corrected chi connectivity index (χ4v) is 19.5. The van der Waals surface area contributed by atoms with Crippen molar-refractivity contribution in [3.63, 3.8) is 0 Å². The molecule has 111 valence electrons. The van der Waals surface area contributed by atoms with Crippen LogP contribution in [0.25, 0.3) is 0 Å². The summed E-state index contributed by atoms with van der Waals surface area (Å²) in [6, 6.07) is 11.2. The summed E-state index contributed by atoms with van der Waals surface area (Å²) in [5.74, 6) is 0. The van der Waals surface area contributed by atoms with E-state index in [0.29, 0.717) is 0 Å². The predicted octanol–water partition coefficient (Wildman–Crippen LogP) is 5.97. The molecule has 0 fully saturated rings. The number of benzene rings is 1. The van der Waals surface area contributed by atoms with Crippen LogP contribution in [0.2, 0.25) is 34.0 Å². The summed E-state index contributed by atoms with van der Waals surface area (Å²) in [6.07, 6.45) is 8.25. The number of hydrogen-bond donors (Lipinski definition) is 0. The Balaban J connectivity index is 2.70. The maximum atomic E-state index is 2.71. The van der Waals surface area contributed by atoms with Gasteiger partial charge >= 0.3 is 122 Å². The summed E-state index contributed by atoms with van der Waals surface area (Å²) in [6.45, 7) is 4.26. The molecule has 0 nitrogen and oxygen atoms in total. The topological polar surface area (TPSA) is 0 Å². The summed E-state index contributed by atoms with van der Waals surface area (Å²) in [4.78, 5) is 0. The maximum absolute atomic E-state index is 3.67. The molecule has 0 radical (unpaired) electrons. The van der Waals surface area contributed by atoms with Crippen LogP contribution < -0.4 is 0 Å². The third kappa shape index (κ3) is 2.24. The molecule has 0 heterocycles. The van der Waals surface area contributed by atoms with E-state index >= 15 is 0 Å². The van der Waals surface area contributed by atoms with Crippen LogP contribution in [-0.2, 0) is 16.7 Å². The molecule has 2 heteroatoms. The molecule has 0 aromatic heterocycles. The summed E-state index contributed by atoms with van der Waals surface area (Å²) in [5.41, 5.74) is 1.52. The molecule has 1 aliphatic carbocycles. The monoisotopic (exact) mass is 323 g/mol. The molecule has 0 unspecified atom stereocenters. The van der Waals surface area contributed by atoms with Crippen molar-refractivity contribution in [2.24, 2.45) is 0 Å². The average Bonchev–Trinajstić information content (AvgIpc) is 2.83. The first kappa shape index (κ1) is 16.0. The second-order valence-electron chi connectivity index (χ2n) is 11.2. The second kappa shape index (κ2) is 3.69. The van der Waals surface area contributed by atoms with E-state index in [2.05, 4.69) is 82.6 Å². The molecular formula is C18H31SiTi. The normalized spacial score (nSPS) is 20.9. The van der Waals surface area contributed by atoms with Gasteiger partial charge in [-0.3, -0.25) is 0 Å². The van der Waals surface area contributed by atoms with Gasteiger partial charge in [0.25, 0.3) is 0 Å². The molecule has 0 amide bonds. The van der Waals surface area contributed by atoms with Gasteiger partial charge in [0.1, 0.15) is 0 Å². The Kier molecular flexibility index (Phi) is 2.95. The molecule has 0 bridgehead atoms. The molecule has 0 atom stereocenters. The summed E-state index contributed by atoms with van der Waals surface area (Å²) < 4.78 is 3.05. The van der Waals surface area contributed by atoms with E-state index in [1.54, 1.807) is 3.88 Å². The van der Waals surface area contributed by atoms with Crippen LogP contribution in [0, 0.1) is 0 Å². The van der Waals surface area contributed by atoms with Crippen molar-refractivity contribution in [2.75, 3.05) is 0 Å². The Labute approximate surface area is 121 Å². The Morgan fingerprint density at radius 3 is 2.05 bits per heavy atom. The standard InChI is InChI=1S/C7H7.C5H5.C2H7Si.4CH3.Ti/c1-7-5-3-2-4-6-7;1-2-4-5-3-1;1-3-2;;;;;/h2-6H,1H2;1-3H,4H2;3H,1-2H3;4*1H3;. The van der Waals surface area contributed by atoms with Crippen molar-refractivity contribution in [1.82, 2.24) is 0 Å². The molecule has 0 saturated carbocycles. The van der Waals surface area contributed by atoms with Crippen molar-refractivity contribution >= 4 is 6.66 Å². The molecular weight excluding hydrogens is 292 g/mol. The Bertz CT molecular complexity index is 607. The van der Waals surface area contributed by atoms with Crippen molar-refractivity contribution < 1.29 is 12.0 Å². The van der Waals surface area contributed by atoms with Crippen LogP contribution in [-0.4, -0.2) is 6.66 Å². The van der Waals surface area contributed by atoms with E-state index in [0.717, 1.165) is 0 Å². The molecule has 1 aromatic rings. The fraction of sp³-hybridized carbons (Fsp3) is 0.444. The van der Waals surface area contributed by atoms with Gasteiger partial charge in [-0.25, -0.2) is 0 Å². The van der Waals surface area contributed by atoms with Gasteiger partial charge in [-0.05, 0) is 0 Å². The summed E-state index contributed by atoms with van der Waals surface area (Å²) >= 11 is -3.67. The molecule has 1 aliphatic rings. The van der Waals surface area contributed by atoms with Gasteiger partial charge in [0.05, 0.1) is 0 Å². The van der Waals surface area contributed by atoms with Crippen LogP contribution in [0.1, 0.15) is 12.0 Å². The molecule has 0 saturated heterocycles. The van der Waals surface area contributed by atoms with Crippen molar-refractivity contribution in [1.29, 1.82) is 0 Å². The number of hydrogen-bond acceptors (Lipinski definition) is 0. The SMILES string of the molecule is C[SiH](C)[Ti]([CH3])([CH3])([CH3])([CH3])([CH2]c1ccccc1)[C]1=CC=CC1. The van der Waals surface area contributed by atoms with Gasteiger partial charge < -0.3 is 0 Å². The first-order chi connectivity index (χ1) is 8.91. The minimum absolute atomic E-state index is 0.898. The zero-order valence-corrected chi connectivity index (χ0v) is 16.8. The van der Waals surface area contributed by atoms with E-state index in [1.165, 1.54) is 16.7 Å². The zero-order chi connectivity index (χ0) is 15.2. The van der Waals surface area contributed by atoms with Gasteiger partial charge in [0.2, 0.25) is 0 Å². The van der Waals surface area contributed by atoms with E-state index in [4.69, 9.17) is 0 Å². The van der Waals surface area contributed by atoms with E-state index < -0.39 is 18.7 Å². The van der Waals surface area contributed by atoms with Gasteiger partial charge in [-0.15, -0.1) is 0 Å². The van der Waals surface area contributed by atoms with Crippen LogP contribution in [0.3, 0.4) is 0 Å². The predicted molar refractivity (Wildman–Crippen MR) is 94.3 cm³/mol. The Morgan fingerprint density at radius 2 is 1.60 bits per heavy atom. The van der Waals surface area contributed by atoms with Crippen LogP contribution in [0.15, 0.2) is 52.4 Å². The summed E-state index contributed by atoms with van der Waals surface area (Å²) in [5, 5.41) is 10.8. The number of allylic oxidation sites excluding steroid dienone is 4. The Morgan fingerprint density at radius 1 is 1.00 bits per heavy atom. The zero-order valence-electron chi connectivity index (χ0n) is 14.1. The molecule has 20 heavy (non-hydrogen) atoms. The van der Waals surface area contributed by atoms with Crippen LogP contribution >= 0.6 is 0 Å². The molecule has 1 aromatic carbocycles. The van der Waals surface area contributed by atoms with Gasteiger partial charge in [0, 0.05) is 0 Å².